The summed E-state index contributed by atoms with van der Waals surface area (Å²) in [5.74, 6) is 0.819. The van der Waals surface area contributed by atoms with Gasteiger partial charge in [-0.05, 0) is 45.8 Å². The lowest BCUT2D eigenvalue weighted by Gasteiger charge is -2.13. The monoisotopic (exact) mass is 339 g/mol. The molecule has 104 valence electrons. The van der Waals surface area contributed by atoms with E-state index in [9.17, 15) is 0 Å². The molecule has 3 aromatic rings. The van der Waals surface area contributed by atoms with Crippen molar-refractivity contribution in [2.24, 2.45) is 0 Å². The highest BCUT2D eigenvalue weighted by molar-refractivity contribution is 9.10. The molecule has 3 rings (SSSR count). The Hall–Kier alpha value is -2.13. The van der Waals surface area contributed by atoms with Gasteiger partial charge in [0.2, 0.25) is 0 Å². The Kier molecular flexibility index (Phi) is 4.31. The number of nitrogens with zero attached hydrogens (tertiary/aromatic N) is 1. The van der Waals surface area contributed by atoms with Gasteiger partial charge in [0.1, 0.15) is 12.4 Å². The van der Waals surface area contributed by atoms with Crippen molar-refractivity contribution in [3.05, 3.63) is 83.0 Å². The standard InChI is InChI=1S/C18H14BrNO/c19-16-10-6-9-15(17-11-4-5-12-20-17)18(16)21-13-14-7-2-1-3-8-14/h1-12H,13H2. The van der Waals surface area contributed by atoms with Gasteiger partial charge in [0.25, 0.3) is 0 Å². The maximum Gasteiger partial charge on any atom is 0.143 e. The van der Waals surface area contributed by atoms with E-state index in [1.165, 1.54) is 0 Å². The van der Waals surface area contributed by atoms with E-state index < -0.39 is 0 Å². The van der Waals surface area contributed by atoms with Crippen molar-refractivity contribution in [1.82, 2.24) is 4.98 Å². The van der Waals surface area contributed by atoms with Crippen molar-refractivity contribution < 1.29 is 4.74 Å². The number of pyridine rings is 1. The fourth-order valence-electron chi connectivity index (χ4n) is 2.11. The second kappa shape index (κ2) is 6.55. The number of rotatable bonds is 4. The molecule has 0 unspecified atom stereocenters. The minimum absolute atomic E-state index is 0.531. The Morgan fingerprint density at radius 1 is 0.857 bits per heavy atom. The van der Waals surface area contributed by atoms with Crippen LogP contribution in [0.2, 0.25) is 0 Å². The van der Waals surface area contributed by atoms with Gasteiger partial charge in [-0.2, -0.15) is 0 Å². The Morgan fingerprint density at radius 3 is 2.43 bits per heavy atom. The molecule has 0 aliphatic rings. The van der Waals surface area contributed by atoms with Gasteiger partial charge >= 0.3 is 0 Å². The molecular weight excluding hydrogens is 326 g/mol. The van der Waals surface area contributed by atoms with Crippen LogP contribution in [0.15, 0.2) is 77.4 Å². The van der Waals surface area contributed by atoms with Crippen LogP contribution in [-0.2, 0) is 6.61 Å². The zero-order valence-corrected chi connectivity index (χ0v) is 13.0. The molecule has 0 radical (unpaired) electrons. The lowest BCUT2D eigenvalue weighted by molar-refractivity contribution is 0.305. The van der Waals surface area contributed by atoms with E-state index in [1.54, 1.807) is 6.20 Å². The predicted octanol–water partition coefficient (Wildman–Crippen LogP) is 5.09. The highest BCUT2D eigenvalue weighted by Crippen LogP contribution is 2.35. The molecule has 0 atom stereocenters. The van der Waals surface area contributed by atoms with E-state index in [0.29, 0.717) is 6.61 Å². The van der Waals surface area contributed by atoms with Crippen LogP contribution in [0.1, 0.15) is 5.56 Å². The quantitative estimate of drug-likeness (QED) is 0.660. The summed E-state index contributed by atoms with van der Waals surface area (Å²) >= 11 is 3.57. The van der Waals surface area contributed by atoms with Crippen LogP contribution in [0.5, 0.6) is 5.75 Å². The Morgan fingerprint density at radius 2 is 1.67 bits per heavy atom. The topological polar surface area (TPSA) is 22.1 Å². The van der Waals surface area contributed by atoms with Crippen molar-refractivity contribution in [3.8, 4) is 17.0 Å². The third-order valence-corrected chi connectivity index (χ3v) is 3.76. The first-order valence-corrected chi connectivity index (χ1v) is 7.50. The molecular formula is C18H14BrNO. The average molecular weight is 340 g/mol. The van der Waals surface area contributed by atoms with Crippen LogP contribution in [0, 0.1) is 0 Å². The van der Waals surface area contributed by atoms with E-state index in [-0.39, 0.29) is 0 Å². The fourth-order valence-corrected chi connectivity index (χ4v) is 2.59. The average Bonchev–Trinajstić information content (AvgIpc) is 2.55. The van der Waals surface area contributed by atoms with E-state index >= 15 is 0 Å². The number of aromatic nitrogens is 1. The van der Waals surface area contributed by atoms with Crippen LogP contribution >= 0.6 is 15.9 Å². The van der Waals surface area contributed by atoms with Crippen molar-refractivity contribution in [2.45, 2.75) is 6.61 Å². The molecule has 3 heteroatoms. The molecule has 0 amide bonds. The van der Waals surface area contributed by atoms with E-state index in [2.05, 4.69) is 33.0 Å². The molecule has 1 aromatic heterocycles. The molecule has 0 aliphatic heterocycles. The molecule has 0 saturated heterocycles. The van der Waals surface area contributed by atoms with Gasteiger partial charge in [0, 0.05) is 11.8 Å². The number of ether oxygens (including phenoxy) is 1. The normalized spacial score (nSPS) is 10.3. The van der Waals surface area contributed by atoms with Gasteiger partial charge in [-0.1, -0.05) is 42.5 Å². The van der Waals surface area contributed by atoms with Crippen molar-refractivity contribution in [1.29, 1.82) is 0 Å². The molecule has 0 aliphatic carbocycles. The molecule has 0 saturated carbocycles. The van der Waals surface area contributed by atoms with E-state index in [0.717, 1.165) is 27.0 Å². The summed E-state index contributed by atoms with van der Waals surface area (Å²) in [4.78, 5) is 4.40. The van der Waals surface area contributed by atoms with Gasteiger partial charge < -0.3 is 4.74 Å². The van der Waals surface area contributed by atoms with Crippen LogP contribution in [-0.4, -0.2) is 4.98 Å². The number of hydrogen-bond donors (Lipinski definition) is 0. The van der Waals surface area contributed by atoms with Crippen LogP contribution in [0.4, 0.5) is 0 Å². The first-order chi connectivity index (χ1) is 10.3. The highest BCUT2D eigenvalue weighted by Gasteiger charge is 2.11. The molecule has 2 nitrogen and oxygen atoms in total. The maximum absolute atomic E-state index is 6.02. The Labute approximate surface area is 132 Å². The van der Waals surface area contributed by atoms with Gasteiger partial charge in [-0.15, -0.1) is 0 Å². The summed E-state index contributed by atoms with van der Waals surface area (Å²) in [5, 5.41) is 0. The summed E-state index contributed by atoms with van der Waals surface area (Å²) in [6.45, 7) is 0.531. The molecule has 0 N–H and O–H groups in total. The second-order valence-electron chi connectivity index (χ2n) is 4.61. The molecule has 1 heterocycles. The van der Waals surface area contributed by atoms with Crippen LogP contribution in [0.25, 0.3) is 11.3 Å². The van der Waals surface area contributed by atoms with E-state index in [1.807, 2.05) is 54.6 Å². The van der Waals surface area contributed by atoms with Gasteiger partial charge in [-0.3, -0.25) is 4.98 Å². The van der Waals surface area contributed by atoms with Gasteiger partial charge in [-0.25, -0.2) is 0 Å². The summed E-state index contributed by atoms with van der Waals surface area (Å²) in [6, 6.07) is 22.0. The van der Waals surface area contributed by atoms with Gasteiger partial charge in [0.15, 0.2) is 0 Å². The number of benzene rings is 2. The first-order valence-electron chi connectivity index (χ1n) is 6.71. The van der Waals surface area contributed by atoms with Gasteiger partial charge in [0.05, 0.1) is 10.2 Å². The number of hydrogen-bond acceptors (Lipinski definition) is 2. The highest BCUT2D eigenvalue weighted by atomic mass is 79.9. The zero-order valence-electron chi connectivity index (χ0n) is 11.4. The third-order valence-electron chi connectivity index (χ3n) is 3.13. The van der Waals surface area contributed by atoms with Crippen molar-refractivity contribution in [3.63, 3.8) is 0 Å². The second-order valence-corrected chi connectivity index (χ2v) is 5.46. The molecule has 21 heavy (non-hydrogen) atoms. The minimum atomic E-state index is 0.531. The first kappa shape index (κ1) is 13.8. The Balaban J connectivity index is 1.91. The Bertz CT molecular complexity index is 714. The molecule has 2 aromatic carbocycles. The molecule has 0 fully saturated rings. The summed E-state index contributed by atoms with van der Waals surface area (Å²) < 4.78 is 6.95. The minimum Gasteiger partial charge on any atom is -0.487 e. The third kappa shape index (κ3) is 3.31. The van der Waals surface area contributed by atoms with E-state index in [4.69, 9.17) is 4.74 Å². The van der Waals surface area contributed by atoms with Crippen molar-refractivity contribution >= 4 is 15.9 Å². The SMILES string of the molecule is Brc1cccc(-c2ccccn2)c1OCc1ccccc1. The predicted molar refractivity (Wildman–Crippen MR) is 88.1 cm³/mol. The molecule has 0 bridgehead atoms. The van der Waals surface area contributed by atoms with Crippen LogP contribution < -0.4 is 4.74 Å². The largest absolute Gasteiger partial charge is 0.487 e. The number of para-hydroxylation sites is 1. The fraction of sp³-hybridized carbons (Fsp3) is 0.0556. The lowest BCUT2D eigenvalue weighted by Crippen LogP contribution is -1.98. The smallest absolute Gasteiger partial charge is 0.143 e. The summed E-state index contributed by atoms with van der Waals surface area (Å²) in [5.41, 5.74) is 3.03. The summed E-state index contributed by atoms with van der Waals surface area (Å²) in [6.07, 6.45) is 1.79. The van der Waals surface area contributed by atoms with Crippen LogP contribution in [0.3, 0.4) is 0 Å². The number of halogens is 1. The zero-order chi connectivity index (χ0) is 14.5. The maximum atomic E-state index is 6.02. The lowest BCUT2D eigenvalue weighted by atomic mass is 10.1. The van der Waals surface area contributed by atoms with Crippen molar-refractivity contribution in [2.75, 3.05) is 0 Å². The summed E-state index contributed by atoms with van der Waals surface area (Å²) in [7, 11) is 0. The molecule has 0 spiro atoms.